The Kier molecular flexibility index (Phi) is 3.81. The van der Waals surface area contributed by atoms with Gasteiger partial charge in [-0.25, -0.2) is 4.39 Å². The number of nitrogens with zero attached hydrogens (tertiary/aromatic N) is 1. The van der Waals surface area contributed by atoms with E-state index < -0.39 is 12.6 Å². The summed E-state index contributed by atoms with van der Waals surface area (Å²) >= 11 is 3.17. The summed E-state index contributed by atoms with van der Waals surface area (Å²) in [6.07, 6.45) is 0. The Morgan fingerprint density at radius 1 is 1.60 bits per heavy atom. The molecule has 0 bridgehead atoms. The summed E-state index contributed by atoms with van der Waals surface area (Å²) < 4.78 is 12.7. The summed E-state index contributed by atoms with van der Waals surface area (Å²) in [5.41, 5.74) is 6.38. The molecule has 0 radical (unpaired) electrons. The molecule has 5 heteroatoms. The number of amides is 1. The van der Waals surface area contributed by atoms with Crippen LogP contribution in [0, 0.1) is 11.3 Å². The summed E-state index contributed by atoms with van der Waals surface area (Å²) in [5, 5.41) is 9.20. The van der Waals surface area contributed by atoms with Crippen LogP contribution in [0.15, 0.2) is 12.1 Å². The van der Waals surface area contributed by atoms with Crippen LogP contribution in [0.4, 0.5) is 4.39 Å². The number of nitrogens with two attached hydrogens (primary N) is 1. The van der Waals surface area contributed by atoms with Gasteiger partial charge in [0.25, 0.3) is 0 Å². The molecule has 0 aliphatic rings. The van der Waals surface area contributed by atoms with E-state index in [1.165, 1.54) is 12.1 Å². The largest absolute Gasteiger partial charge is 0.366 e. The third-order valence-corrected chi connectivity index (χ3v) is 2.59. The molecule has 0 saturated carbocycles. The van der Waals surface area contributed by atoms with Crippen LogP contribution in [0.5, 0.6) is 0 Å². The lowest BCUT2D eigenvalue weighted by atomic mass is 10.00. The van der Waals surface area contributed by atoms with E-state index in [9.17, 15) is 9.18 Å². The minimum absolute atomic E-state index is 0.156. The van der Waals surface area contributed by atoms with Crippen molar-refractivity contribution >= 4 is 21.8 Å². The molecule has 0 aliphatic carbocycles. The van der Waals surface area contributed by atoms with Gasteiger partial charge in [0.15, 0.2) is 0 Å². The monoisotopic (exact) mass is 270 g/mol. The Labute approximate surface area is 94.8 Å². The van der Waals surface area contributed by atoms with Gasteiger partial charge in [-0.05, 0) is 23.3 Å². The third-order valence-electron chi connectivity index (χ3n) is 2.02. The summed E-state index contributed by atoms with van der Waals surface area (Å²) in [4.78, 5) is 10.9. The zero-order valence-corrected chi connectivity index (χ0v) is 9.34. The van der Waals surface area contributed by atoms with Crippen molar-refractivity contribution < 1.29 is 9.18 Å². The van der Waals surface area contributed by atoms with E-state index in [0.29, 0.717) is 16.5 Å². The second kappa shape index (κ2) is 4.89. The van der Waals surface area contributed by atoms with Gasteiger partial charge in [-0.2, -0.15) is 5.26 Å². The summed E-state index contributed by atoms with van der Waals surface area (Å²) in [5.74, 6) is -0.665. The van der Waals surface area contributed by atoms with Gasteiger partial charge in [-0.3, -0.25) is 4.79 Å². The molecule has 0 fully saturated rings. The molecule has 1 amide bonds. The Hall–Kier alpha value is -1.41. The molecule has 1 aromatic carbocycles. The van der Waals surface area contributed by atoms with Gasteiger partial charge in [-0.1, -0.05) is 15.9 Å². The molecule has 0 saturated heterocycles. The maximum absolute atomic E-state index is 12.7. The van der Waals surface area contributed by atoms with Crippen molar-refractivity contribution in [1.82, 2.24) is 0 Å². The number of hydrogen-bond donors (Lipinski definition) is 1. The Morgan fingerprint density at radius 3 is 2.67 bits per heavy atom. The number of hydrogen-bond acceptors (Lipinski definition) is 2. The Morgan fingerprint density at radius 2 is 2.27 bits per heavy atom. The zero-order chi connectivity index (χ0) is 11.4. The fourth-order valence-electron chi connectivity index (χ4n) is 1.25. The predicted octanol–water partition coefficient (Wildman–Crippen LogP) is 2.02. The molecule has 0 aromatic heterocycles. The van der Waals surface area contributed by atoms with E-state index in [2.05, 4.69) is 15.9 Å². The first-order valence-corrected chi connectivity index (χ1v) is 5.23. The number of carbonyl (C=O) groups is 1. The van der Waals surface area contributed by atoms with E-state index in [4.69, 9.17) is 11.0 Å². The van der Waals surface area contributed by atoms with Crippen molar-refractivity contribution in [2.24, 2.45) is 5.73 Å². The Balaban J connectivity index is 3.44. The molecule has 1 aromatic rings. The predicted molar refractivity (Wildman–Crippen MR) is 57.1 cm³/mol. The van der Waals surface area contributed by atoms with Crippen molar-refractivity contribution in [2.75, 3.05) is 0 Å². The molecule has 0 atom stereocenters. The molecule has 2 N–H and O–H groups in total. The van der Waals surface area contributed by atoms with Crippen LogP contribution < -0.4 is 5.73 Å². The van der Waals surface area contributed by atoms with E-state index >= 15 is 0 Å². The molecule has 15 heavy (non-hydrogen) atoms. The van der Waals surface area contributed by atoms with Crippen LogP contribution in [-0.2, 0) is 12.0 Å². The molecule has 78 valence electrons. The molecule has 0 aliphatic heterocycles. The number of halogens is 2. The average molecular weight is 271 g/mol. The van der Waals surface area contributed by atoms with Gasteiger partial charge < -0.3 is 5.73 Å². The van der Waals surface area contributed by atoms with Crippen molar-refractivity contribution in [1.29, 1.82) is 5.26 Å². The van der Waals surface area contributed by atoms with Gasteiger partial charge in [0, 0.05) is 10.9 Å². The minimum Gasteiger partial charge on any atom is -0.366 e. The van der Waals surface area contributed by atoms with Crippen molar-refractivity contribution in [3.05, 3.63) is 34.4 Å². The minimum atomic E-state index is -0.725. The van der Waals surface area contributed by atoms with Crippen molar-refractivity contribution in [2.45, 2.75) is 12.0 Å². The third kappa shape index (κ3) is 2.34. The first-order chi connectivity index (χ1) is 7.13. The summed E-state index contributed by atoms with van der Waals surface area (Å²) in [6.45, 7) is -0.725. The SMILES string of the molecule is N#Cc1cc(C(N)=O)cc(CF)c1CBr. The number of nitriles is 1. The second-order valence-electron chi connectivity index (χ2n) is 2.90. The van der Waals surface area contributed by atoms with Crippen LogP contribution in [0.2, 0.25) is 0 Å². The number of carbonyl (C=O) groups excluding carboxylic acids is 1. The van der Waals surface area contributed by atoms with Crippen LogP contribution in [0.3, 0.4) is 0 Å². The summed E-state index contributed by atoms with van der Waals surface area (Å²) in [6, 6.07) is 4.66. The number of primary amides is 1. The van der Waals surface area contributed by atoms with E-state index in [1.807, 2.05) is 6.07 Å². The van der Waals surface area contributed by atoms with Gasteiger partial charge in [0.1, 0.15) is 6.67 Å². The molecular weight excluding hydrogens is 263 g/mol. The first kappa shape index (κ1) is 11.7. The molecule has 0 spiro atoms. The fourth-order valence-corrected chi connectivity index (χ4v) is 1.91. The second-order valence-corrected chi connectivity index (χ2v) is 3.47. The quantitative estimate of drug-likeness (QED) is 0.854. The fraction of sp³-hybridized carbons (Fsp3) is 0.200. The number of benzene rings is 1. The molecule has 1 rings (SSSR count). The van der Waals surface area contributed by atoms with Gasteiger partial charge >= 0.3 is 0 Å². The van der Waals surface area contributed by atoms with E-state index in [1.54, 1.807) is 0 Å². The standard InChI is InChI=1S/C10H8BrFN2O/c11-3-9-7(4-12)1-6(10(14)15)2-8(9)5-13/h1-2H,3-4H2,(H2,14,15). The maximum atomic E-state index is 12.7. The number of alkyl halides is 2. The highest BCUT2D eigenvalue weighted by Gasteiger charge is 2.12. The van der Waals surface area contributed by atoms with Crippen LogP contribution in [-0.4, -0.2) is 5.91 Å². The van der Waals surface area contributed by atoms with Gasteiger partial charge in [0.2, 0.25) is 5.91 Å². The average Bonchev–Trinajstić information content (AvgIpc) is 2.26. The van der Waals surface area contributed by atoms with Gasteiger partial charge in [-0.15, -0.1) is 0 Å². The molecule has 3 nitrogen and oxygen atoms in total. The highest BCUT2D eigenvalue weighted by molar-refractivity contribution is 9.08. The lowest BCUT2D eigenvalue weighted by molar-refractivity contribution is 0.1000. The normalized spacial score (nSPS) is 9.67. The van der Waals surface area contributed by atoms with Crippen LogP contribution in [0.1, 0.15) is 27.0 Å². The highest BCUT2D eigenvalue weighted by atomic mass is 79.9. The first-order valence-electron chi connectivity index (χ1n) is 4.11. The zero-order valence-electron chi connectivity index (χ0n) is 7.76. The lowest BCUT2D eigenvalue weighted by Gasteiger charge is -2.07. The molecule has 0 unspecified atom stereocenters. The molecular formula is C10H8BrFN2O. The lowest BCUT2D eigenvalue weighted by Crippen LogP contribution is -2.12. The smallest absolute Gasteiger partial charge is 0.248 e. The highest BCUT2D eigenvalue weighted by Crippen LogP contribution is 2.21. The van der Waals surface area contributed by atoms with Crippen LogP contribution >= 0.6 is 15.9 Å². The topological polar surface area (TPSA) is 66.9 Å². The Bertz CT molecular complexity index is 440. The summed E-state index contributed by atoms with van der Waals surface area (Å²) in [7, 11) is 0. The van der Waals surface area contributed by atoms with Crippen molar-refractivity contribution in [3.8, 4) is 6.07 Å². The van der Waals surface area contributed by atoms with E-state index in [0.717, 1.165) is 0 Å². The number of rotatable bonds is 3. The van der Waals surface area contributed by atoms with E-state index in [-0.39, 0.29) is 11.1 Å². The van der Waals surface area contributed by atoms with Crippen LogP contribution in [0.25, 0.3) is 0 Å². The van der Waals surface area contributed by atoms with Crippen molar-refractivity contribution in [3.63, 3.8) is 0 Å². The maximum Gasteiger partial charge on any atom is 0.248 e. The van der Waals surface area contributed by atoms with Gasteiger partial charge in [0.05, 0.1) is 11.6 Å². The molecule has 0 heterocycles.